The van der Waals surface area contributed by atoms with Crippen molar-refractivity contribution < 1.29 is 4.79 Å². The molecule has 4 nitrogen and oxygen atoms in total. The fourth-order valence-electron chi connectivity index (χ4n) is 0.835. The zero-order chi connectivity index (χ0) is 9.68. The van der Waals surface area contributed by atoms with Crippen molar-refractivity contribution >= 4 is 33.3 Å². The number of rotatable bonds is 3. The van der Waals surface area contributed by atoms with Gasteiger partial charge in [-0.05, 0) is 28.4 Å². The molecule has 0 spiro atoms. The van der Waals surface area contributed by atoms with Gasteiger partial charge in [-0.3, -0.25) is 5.43 Å². The van der Waals surface area contributed by atoms with Crippen LogP contribution in [0.4, 0.5) is 4.79 Å². The second-order valence-electron chi connectivity index (χ2n) is 2.38. The number of nitrogens with one attached hydrogen (secondary N) is 2. The van der Waals surface area contributed by atoms with Crippen molar-refractivity contribution in [2.24, 2.45) is 5.84 Å². The summed E-state index contributed by atoms with van der Waals surface area (Å²) in [6, 6.07) is 1.68. The molecule has 0 aliphatic heterocycles. The molecule has 0 aromatic carbocycles. The summed E-state index contributed by atoms with van der Waals surface area (Å²) in [6.45, 7) is 0.593. The predicted octanol–water partition coefficient (Wildman–Crippen LogP) is 1.23. The second-order valence-corrected chi connectivity index (χ2v) is 4.29. The number of hydrogen-bond donors (Lipinski definition) is 3. The van der Waals surface area contributed by atoms with E-state index in [1.165, 1.54) is 4.88 Å². The Labute approximate surface area is 88.6 Å². The maximum absolute atomic E-state index is 10.7. The van der Waals surface area contributed by atoms with Crippen LogP contribution in [-0.4, -0.2) is 12.6 Å². The van der Waals surface area contributed by atoms with E-state index in [-0.39, 0.29) is 6.03 Å². The van der Waals surface area contributed by atoms with E-state index < -0.39 is 0 Å². The molecule has 1 rings (SSSR count). The maximum atomic E-state index is 10.7. The molecule has 0 aliphatic rings. The molecule has 72 valence electrons. The van der Waals surface area contributed by atoms with Crippen LogP contribution in [0.1, 0.15) is 4.88 Å². The van der Waals surface area contributed by atoms with Gasteiger partial charge in [0.2, 0.25) is 0 Å². The van der Waals surface area contributed by atoms with Gasteiger partial charge in [0.25, 0.3) is 0 Å². The van der Waals surface area contributed by atoms with E-state index in [2.05, 4.69) is 21.2 Å². The molecule has 1 heterocycles. The van der Waals surface area contributed by atoms with Gasteiger partial charge in [-0.25, -0.2) is 10.6 Å². The summed E-state index contributed by atoms with van der Waals surface area (Å²) in [5, 5.41) is 4.62. The van der Waals surface area contributed by atoms with Crippen molar-refractivity contribution in [2.45, 2.75) is 6.42 Å². The number of amides is 2. The van der Waals surface area contributed by atoms with Crippen LogP contribution in [0, 0.1) is 0 Å². The number of carbonyl (C=O) groups excluding carboxylic acids is 1. The lowest BCUT2D eigenvalue weighted by molar-refractivity contribution is 0.241. The average molecular weight is 264 g/mol. The van der Waals surface area contributed by atoms with Gasteiger partial charge in [0.1, 0.15) is 0 Å². The van der Waals surface area contributed by atoms with Gasteiger partial charge < -0.3 is 5.32 Å². The molecule has 0 unspecified atom stereocenters. The third-order valence-corrected chi connectivity index (χ3v) is 3.17. The van der Waals surface area contributed by atoms with Crippen molar-refractivity contribution in [3.05, 3.63) is 20.8 Å². The molecule has 4 N–H and O–H groups in total. The summed E-state index contributed by atoms with van der Waals surface area (Å²) in [5.74, 6) is 4.89. The van der Waals surface area contributed by atoms with E-state index in [1.807, 2.05) is 16.9 Å². The van der Waals surface area contributed by atoms with Crippen LogP contribution in [0.25, 0.3) is 0 Å². The van der Waals surface area contributed by atoms with Crippen LogP contribution in [0.5, 0.6) is 0 Å². The highest BCUT2D eigenvalue weighted by atomic mass is 79.9. The Bertz CT molecular complexity index is 289. The maximum Gasteiger partial charge on any atom is 0.328 e. The molecular formula is C7H10BrN3OS. The second kappa shape index (κ2) is 5.21. The van der Waals surface area contributed by atoms with E-state index >= 15 is 0 Å². The molecule has 1 aromatic rings. The van der Waals surface area contributed by atoms with Crippen molar-refractivity contribution in [3.63, 3.8) is 0 Å². The van der Waals surface area contributed by atoms with Gasteiger partial charge in [0, 0.05) is 21.3 Å². The lowest BCUT2D eigenvalue weighted by atomic mass is 10.3. The highest BCUT2D eigenvalue weighted by Gasteiger charge is 1.99. The van der Waals surface area contributed by atoms with E-state index in [9.17, 15) is 4.79 Å². The normalized spacial score (nSPS) is 9.69. The number of hydrogen-bond acceptors (Lipinski definition) is 3. The Kier molecular flexibility index (Phi) is 4.20. The molecule has 0 aliphatic carbocycles. The molecule has 13 heavy (non-hydrogen) atoms. The first-order valence-electron chi connectivity index (χ1n) is 3.69. The largest absolute Gasteiger partial charge is 0.337 e. The molecule has 2 amide bonds. The minimum Gasteiger partial charge on any atom is -0.337 e. The van der Waals surface area contributed by atoms with Crippen molar-refractivity contribution in [1.29, 1.82) is 0 Å². The minimum absolute atomic E-state index is 0.351. The van der Waals surface area contributed by atoms with E-state index in [0.29, 0.717) is 6.54 Å². The van der Waals surface area contributed by atoms with E-state index in [1.54, 1.807) is 11.3 Å². The van der Waals surface area contributed by atoms with Crippen LogP contribution >= 0.6 is 27.3 Å². The molecule has 1 aromatic heterocycles. The fourth-order valence-corrected chi connectivity index (χ4v) is 2.29. The van der Waals surface area contributed by atoms with Crippen molar-refractivity contribution in [2.75, 3.05) is 6.54 Å². The van der Waals surface area contributed by atoms with Crippen LogP contribution in [0.2, 0.25) is 0 Å². The summed E-state index contributed by atoms with van der Waals surface area (Å²) in [7, 11) is 0. The molecule has 0 radical (unpaired) electrons. The lowest BCUT2D eigenvalue weighted by Gasteiger charge is -2.01. The molecule has 0 fully saturated rings. The predicted molar refractivity (Wildman–Crippen MR) is 56.4 cm³/mol. The number of halogens is 1. The van der Waals surface area contributed by atoms with E-state index in [0.717, 1.165) is 10.9 Å². The average Bonchev–Trinajstić information content (AvgIpc) is 2.51. The van der Waals surface area contributed by atoms with E-state index in [4.69, 9.17) is 5.84 Å². The zero-order valence-electron chi connectivity index (χ0n) is 6.84. The SMILES string of the molecule is NNC(=O)NCCc1cc(Br)cs1. The van der Waals surface area contributed by atoms with Gasteiger partial charge in [-0.15, -0.1) is 11.3 Å². The van der Waals surface area contributed by atoms with Gasteiger partial charge in [-0.2, -0.15) is 0 Å². The van der Waals surface area contributed by atoms with Crippen molar-refractivity contribution in [3.8, 4) is 0 Å². The lowest BCUT2D eigenvalue weighted by Crippen LogP contribution is -2.40. The first-order valence-corrected chi connectivity index (χ1v) is 5.37. The number of urea groups is 1. The Balaban J connectivity index is 2.24. The molecule has 0 saturated heterocycles. The highest BCUT2D eigenvalue weighted by molar-refractivity contribution is 9.10. The quantitative estimate of drug-likeness (QED) is 0.436. The minimum atomic E-state index is -0.351. The summed E-state index contributed by atoms with van der Waals surface area (Å²) in [6.07, 6.45) is 0.823. The van der Waals surface area contributed by atoms with Crippen LogP contribution < -0.4 is 16.6 Å². The van der Waals surface area contributed by atoms with Crippen LogP contribution in [0.15, 0.2) is 15.9 Å². The summed E-state index contributed by atoms with van der Waals surface area (Å²) in [4.78, 5) is 11.9. The van der Waals surface area contributed by atoms with Gasteiger partial charge in [0.05, 0.1) is 0 Å². The van der Waals surface area contributed by atoms with Crippen LogP contribution in [-0.2, 0) is 6.42 Å². The number of thiophene rings is 1. The first-order chi connectivity index (χ1) is 6.22. The summed E-state index contributed by atoms with van der Waals surface area (Å²) >= 11 is 5.02. The molecule has 0 atom stereocenters. The third kappa shape index (κ3) is 3.75. The smallest absolute Gasteiger partial charge is 0.328 e. The summed E-state index contributed by atoms with van der Waals surface area (Å²) in [5.41, 5.74) is 2.00. The number of hydrazine groups is 1. The van der Waals surface area contributed by atoms with Gasteiger partial charge >= 0.3 is 6.03 Å². The molecule has 6 heteroatoms. The molecular weight excluding hydrogens is 254 g/mol. The Morgan fingerprint density at radius 3 is 3.00 bits per heavy atom. The Hall–Kier alpha value is -0.590. The highest BCUT2D eigenvalue weighted by Crippen LogP contribution is 2.19. The van der Waals surface area contributed by atoms with Gasteiger partial charge in [0.15, 0.2) is 0 Å². The first kappa shape index (κ1) is 10.5. The Morgan fingerprint density at radius 2 is 2.46 bits per heavy atom. The molecule has 0 bridgehead atoms. The van der Waals surface area contributed by atoms with Crippen molar-refractivity contribution in [1.82, 2.24) is 10.7 Å². The van der Waals surface area contributed by atoms with Gasteiger partial charge in [-0.1, -0.05) is 0 Å². The topological polar surface area (TPSA) is 67.1 Å². The molecule has 0 saturated carbocycles. The Morgan fingerprint density at radius 1 is 1.69 bits per heavy atom. The number of carbonyl (C=O) groups is 1. The monoisotopic (exact) mass is 263 g/mol. The zero-order valence-corrected chi connectivity index (χ0v) is 9.24. The standard InChI is InChI=1S/C7H10BrN3OS/c8-5-3-6(13-4-5)1-2-10-7(12)11-9/h3-4H,1-2,9H2,(H2,10,11,12). The number of nitrogens with two attached hydrogens (primary N) is 1. The fraction of sp³-hybridized carbons (Fsp3) is 0.286. The van der Waals surface area contributed by atoms with Crippen LogP contribution in [0.3, 0.4) is 0 Å². The third-order valence-electron chi connectivity index (χ3n) is 1.41. The summed E-state index contributed by atoms with van der Waals surface area (Å²) < 4.78 is 1.08.